The van der Waals surface area contributed by atoms with Crippen molar-refractivity contribution in [2.45, 2.75) is 18.4 Å². The molecule has 1 heterocycles. The van der Waals surface area contributed by atoms with Gasteiger partial charge in [-0.1, -0.05) is 28.1 Å². The molecule has 0 aliphatic carbocycles. The van der Waals surface area contributed by atoms with Crippen LogP contribution in [0.3, 0.4) is 0 Å². The Morgan fingerprint density at radius 1 is 1.12 bits per heavy atom. The molecule has 1 atom stereocenters. The molecule has 0 radical (unpaired) electrons. The maximum Gasteiger partial charge on any atom is 0.400 e. The van der Waals surface area contributed by atoms with Gasteiger partial charge in [-0.3, -0.25) is 0 Å². The second kappa shape index (κ2) is 4.96. The highest BCUT2D eigenvalue weighted by Gasteiger charge is 2.48. The van der Waals surface area contributed by atoms with Crippen LogP contribution in [0.25, 0.3) is 0 Å². The van der Waals surface area contributed by atoms with Gasteiger partial charge >= 0.3 is 6.18 Å². The number of rotatable bonds is 2. The summed E-state index contributed by atoms with van der Waals surface area (Å²) >= 11 is 3.18. The SMILES string of the molecule is FC(F)(F)[C@H](c1ccc(Br)cc1)C1OCCO1. The third-order valence-corrected chi connectivity index (χ3v) is 3.03. The molecule has 0 aromatic heterocycles. The molecule has 0 bridgehead atoms. The Morgan fingerprint density at radius 3 is 2.12 bits per heavy atom. The van der Waals surface area contributed by atoms with Crippen molar-refractivity contribution in [3.05, 3.63) is 34.3 Å². The Bertz CT molecular complexity index is 371. The summed E-state index contributed by atoms with van der Waals surface area (Å²) in [5.41, 5.74) is 0.146. The van der Waals surface area contributed by atoms with E-state index < -0.39 is 18.4 Å². The lowest BCUT2D eigenvalue weighted by molar-refractivity contribution is -0.207. The van der Waals surface area contributed by atoms with Gasteiger partial charge in [0.25, 0.3) is 0 Å². The molecule has 1 aromatic carbocycles. The van der Waals surface area contributed by atoms with E-state index in [1.165, 1.54) is 12.1 Å². The van der Waals surface area contributed by atoms with Gasteiger partial charge in [-0.05, 0) is 17.7 Å². The first kappa shape index (κ1) is 12.9. The highest BCUT2D eigenvalue weighted by Crippen LogP contribution is 2.40. The molecular formula is C11H10BrF3O2. The molecule has 0 saturated carbocycles. The average Bonchev–Trinajstić information content (AvgIpc) is 2.72. The molecule has 0 N–H and O–H groups in total. The highest BCUT2D eigenvalue weighted by molar-refractivity contribution is 9.10. The zero-order valence-corrected chi connectivity index (χ0v) is 10.3. The maximum atomic E-state index is 13.0. The van der Waals surface area contributed by atoms with Gasteiger partial charge in [0, 0.05) is 4.47 Å². The zero-order chi connectivity index (χ0) is 12.5. The molecule has 2 rings (SSSR count). The van der Waals surface area contributed by atoms with Gasteiger partial charge in [-0.15, -0.1) is 0 Å². The van der Waals surface area contributed by atoms with E-state index >= 15 is 0 Å². The first-order chi connectivity index (χ1) is 7.98. The molecular weight excluding hydrogens is 301 g/mol. The minimum absolute atomic E-state index is 0.146. The minimum atomic E-state index is -4.39. The average molecular weight is 311 g/mol. The van der Waals surface area contributed by atoms with Crippen molar-refractivity contribution >= 4 is 15.9 Å². The quantitative estimate of drug-likeness (QED) is 0.833. The first-order valence-electron chi connectivity index (χ1n) is 5.04. The van der Waals surface area contributed by atoms with Crippen LogP contribution in [0.5, 0.6) is 0 Å². The van der Waals surface area contributed by atoms with Crippen molar-refractivity contribution in [2.24, 2.45) is 0 Å². The van der Waals surface area contributed by atoms with Gasteiger partial charge in [-0.2, -0.15) is 13.2 Å². The summed E-state index contributed by atoms with van der Waals surface area (Å²) in [6.45, 7) is 0.404. The molecule has 1 aromatic rings. The molecule has 1 aliphatic heterocycles. The summed E-state index contributed by atoms with van der Waals surface area (Å²) in [4.78, 5) is 0. The van der Waals surface area contributed by atoms with Crippen LogP contribution in [-0.2, 0) is 9.47 Å². The highest BCUT2D eigenvalue weighted by atomic mass is 79.9. The summed E-state index contributed by atoms with van der Waals surface area (Å²) < 4.78 is 49.6. The Morgan fingerprint density at radius 2 is 1.65 bits per heavy atom. The monoisotopic (exact) mass is 310 g/mol. The molecule has 0 unspecified atom stereocenters. The van der Waals surface area contributed by atoms with Crippen molar-refractivity contribution in [1.82, 2.24) is 0 Å². The number of alkyl halides is 3. The van der Waals surface area contributed by atoms with E-state index in [0.717, 1.165) is 4.47 Å². The Hall–Kier alpha value is -0.590. The van der Waals surface area contributed by atoms with E-state index in [9.17, 15) is 13.2 Å². The minimum Gasteiger partial charge on any atom is -0.349 e. The lowest BCUT2D eigenvalue weighted by Crippen LogP contribution is -2.32. The van der Waals surface area contributed by atoms with Crippen molar-refractivity contribution in [2.75, 3.05) is 13.2 Å². The molecule has 2 nitrogen and oxygen atoms in total. The second-order valence-corrected chi connectivity index (χ2v) is 4.60. The maximum absolute atomic E-state index is 13.0. The molecule has 1 aliphatic rings. The van der Waals surface area contributed by atoms with Gasteiger partial charge in [0.2, 0.25) is 0 Å². The normalized spacial score (nSPS) is 19.5. The standard InChI is InChI=1S/C11H10BrF3O2/c12-8-3-1-7(2-4-8)9(11(13,14)15)10-16-5-6-17-10/h1-4,9-10H,5-6H2/t9-/m1/s1. The Balaban J connectivity index is 2.29. The summed E-state index contributed by atoms with van der Waals surface area (Å²) in [7, 11) is 0. The lowest BCUT2D eigenvalue weighted by Gasteiger charge is -2.25. The van der Waals surface area contributed by atoms with Gasteiger partial charge < -0.3 is 9.47 Å². The van der Waals surface area contributed by atoms with Crippen molar-refractivity contribution in [1.29, 1.82) is 0 Å². The van der Waals surface area contributed by atoms with E-state index in [0.29, 0.717) is 0 Å². The summed E-state index contributed by atoms with van der Waals surface area (Å²) in [6, 6.07) is 5.99. The number of halogens is 4. The lowest BCUT2D eigenvalue weighted by atomic mass is 9.98. The predicted octanol–water partition coefficient (Wildman–Crippen LogP) is 3.47. The van der Waals surface area contributed by atoms with Crippen molar-refractivity contribution in [3.63, 3.8) is 0 Å². The summed E-state index contributed by atoms with van der Waals surface area (Å²) in [6.07, 6.45) is -5.63. The van der Waals surface area contributed by atoms with Crippen LogP contribution in [0, 0.1) is 0 Å². The van der Waals surface area contributed by atoms with Gasteiger partial charge in [-0.25, -0.2) is 0 Å². The number of benzene rings is 1. The van der Waals surface area contributed by atoms with Crippen LogP contribution in [0.15, 0.2) is 28.7 Å². The van der Waals surface area contributed by atoms with E-state index in [1.54, 1.807) is 12.1 Å². The first-order valence-corrected chi connectivity index (χ1v) is 5.83. The van der Waals surface area contributed by atoms with Crippen LogP contribution in [-0.4, -0.2) is 25.7 Å². The van der Waals surface area contributed by atoms with E-state index in [1.807, 2.05) is 0 Å². The molecule has 0 spiro atoms. The molecule has 1 fully saturated rings. The largest absolute Gasteiger partial charge is 0.400 e. The smallest absolute Gasteiger partial charge is 0.349 e. The van der Waals surface area contributed by atoms with Crippen LogP contribution in [0.1, 0.15) is 11.5 Å². The molecule has 94 valence electrons. The molecule has 0 amide bonds. The fraction of sp³-hybridized carbons (Fsp3) is 0.455. The number of ether oxygens (including phenoxy) is 2. The van der Waals surface area contributed by atoms with Gasteiger partial charge in [0.15, 0.2) is 6.29 Å². The van der Waals surface area contributed by atoms with Crippen LogP contribution < -0.4 is 0 Å². The third-order valence-electron chi connectivity index (χ3n) is 2.50. The molecule has 17 heavy (non-hydrogen) atoms. The Kier molecular flexibility index (Phi) is 3.75. The third kappa shape index (κ3) is 3.00. The Labute approximate surface area is 105 Å². The van der Waals surface area contributed by atoms with Crippen LogP contribution in [0.2, 0.25) is 0 Å². The summed E-state index contributed by atoms with van der Waals surface area (Å²) in [5.74, 6) is -1.74. The van der Waals surface area contributed by atoms with Gasteiger partial charge in [0.05, 0.1) is 13.2 Å². The number of hydrogen-bond donors (Lipinski definition) is 0. The van der Waals surface area contributed by atoms with Crippen LogP contribution >= 0.6 is 15.9 Å². The summed E-state index contributed by atoms with van der Waals surface area (Å²) in [5, 5.41) is 0. The predicted molar refractivity (Wildman–Crippen MR) is 58.6 cm³/mol. The zero-order valence-electron chi connectivity index (χ0n) is 8.71. The van der Waals surface area contributed by atoms with E-state index in [2.05, 4.69) is 15.9 Å². The number of hydrogen-bond acceptors (Lipinski definition) is 2. The fourth-order valence-electron chi connectivity index (χ4n) is 1.74. The van der Waals surface area contributed by atoms with Crippen molar-refractivity contribution in [3.8, 4) is 0 Å². The van der Waals surface area contributed by atoms with E-state index in [4.69, 9.17) is 9.47 Å². The topological polar surface area (TPSA) is 18.5 Å². The second-order valence-electron chi connectivity index (χ2n) is 3.68. The molecule has 1 saturated heterocycles. The van der Waals surface area contributed by atoms with Crippen LogP contribution in [0.4, 0.5) is 13.2 Å². The van der Waals surface area contributed by atoms with Crippen molar-refractivity contribution < 1.29 is 22.6 Å². The van der Waals surface area contributed by atoms with Gasteiger partial charge in [0.1, 0.15) is 5.92 Å². The van der Waals surface area contributed by atoms with E-state index in [-0.39, 0.29) is 18.8 Å². The fourth-order valence-corrected chi connectivity index (χ4v) is 2.00. The molecule has 6 heteroatoms.